The normalized spacial score (nSPS) is 17.6. The van der Waals surface area contributed by atoms with Crippen molar-refractivity contribution in [3.8, 4) is 0 Å². The van der Waals surface area contributed by atoms with Gasteiger partial charge < -0.3 is 15.4 Å². The number of anilines is 3. The Labute approximate surface area is 173 Å². The molecule has 2 heterocycles. The SMILES string of the molecule is CCC(Nc1c(Nc2ccnn(C3CCCCO3)c2=O)c(=O)c1=O)c1ccccc1. The summed E-state index contributed by atoms with van der Waals surface area (Å²) in [6, 6.07) is 11.1. The highest BCUT2D eigenvalue weighted by Crippen LogP contribution is 2.26. The summed E-state index contributed by atoms with van der Waals surface area (Å²) in [6.07, 6.45) is 4.42. The Morgan fingerprint density at radius 3 is 2.57 bits per heavy atom. The first-order valence-electron chi connectivity index (χ1n) is 10.2. The average Bonchev–Trinajstić information content (AvgIpc) is 2.80. The number of hydrogen-bond donors (Lipinski definition) is 2. The van der Waals surface area contributed by atoms with E-state index in [1.807, 2.05) is 37.3 Å². The molecule has 1 fully saturated rings. The van der Waals surface area contributed by atoms with Crippen molar-refractivity contribution in [3.63, 3.8) is 0 Å². The summed E-state index contributed by atoms with van der Waals surface area (Å²) in [5.74, 6) is 0. The Kier molecular flexibility index (Phi) is 5.76. The molecule has 0 spiro atoms. The fraction of sp³-hybridized carbons (Fsp3) is 0.364. The molecule has 0 radical (unpaired) electrons. The van der Waals surface area contributed by atoms with Crippen LogP contribution >= 0.6 is 0 Å². The lowest BCUT2D eigenvalue weighted by molar-refractivity contribution is -0.0423. The van der Waals surface area contributed by atoms with E-state index < -0.39 is 22.6 Å². The first-order chi connectivity index (χ1) is 14.6. The minimum atomic E-state index is -0.642. The zero-order valence-corrected chi connectivity index (χ0v) is 16.8. The maximum atomic E-state index is 12.9. The number of aromatic nitrogens is 2. The molecule has 0 aliphatic carbocycles. The number of ether oxygens (including phenoxy) is 1. The molecule has 30 heavy (non-hydrogen) atoms. The topological polar surface area (TPSA) is 102 Å². The molecule has 3 aromatic rings. The molecule has 0 saturated carbocycles. The van der Waals surface area contributed by atoms with Gasteiger partial charge in [-0.15, -0.1) is 0 Å². The maximum Gasteiger partial charge on any atom is 0.292 e. The summed E-state index contributed by atoms with van der Waals surface area (Å²) in [7, 11) is 0. The van der Waals surface area contributed by atoms with Crippen molar-refractivity contribution >= 4 is 17.1 Å². The van der Waals surface area contributed by atoms with Crippen LogP contribution in [0.1, 0.15) is 50.4 Å². The van der Waals surface area contributed by atoms with E-state index in [1.54, 1.807) is 0 Å². The van der Waals surface area contributed by atoms with Crippen molar-refractivity contribution in [2.45, 2.75) is 44.9 Å². The van der Waals surface area contributed by atoms with E-state index in [0.29, 0.717) is 13.0 Å². The van der Waals surface area contributed by atoms with Crippen molar-refractivity contribution in [3.05, 3.63) is 79.0 Å². The van der Waals surface area contributed by atoms with Gasteiger partial charge in [-0.25, -0.2) is 0 Å². The largest absolute Gasteiger partial charge is 0.373 e. The van der Waals surface area contributed by atoms with Crippen molar-refractivity contribution in [1.82, 2.24) is 9.78 Å². The molecule has 1 aromatic heterocycles. The van der Waals surface area contributed by atoms with Crippen LogP contribution in [0.25, 0.3) is 0 Å². The first kappa shape index (κ1) is 20.0. The molecule has 8 nitrogen and oxygen atoms in total. The fourth-order valence-electron chi connectivity index (χ4n) is 3.71. The molecule has 1 aliphatic rings. The summed E-state index contributed by atoms with van der Waals surface area (Å²) in [5.41, 5.74) is -0.115. The molecule has 2 N–H and O–H groups in total. The predicted molar refractivity (Wildman–Crippen MR) is 115 cm³/mol. The van der Waals surface area contributed by atoms with Crippen molar-refractivity contribution in [1.29, 1.82) is 0 Å². The van der Waals surface area contributed by atoms with E-state index in [2.05, 4.69) is 15.7 Å². The van der Waals surface area contributed by atoms with Crippen LogP contribution in [-0.4, -0.2) is 16.4 Å². The van der Waals surface area contributed by atoms with E-state index in [0.717, 1.165) is 24.8 Å². The van der Waals surface area contributed by atoms with Gasteiger partial charge in [0.05, 0.1) is 6.04 Å². The van der Waals surface area contributed by atoms with Crippen LogP contribution in [0, 0.1) is 0 Å². The van der Waals surface area contributed by atoms with Gasteiger partial charge in [0.25, 0.3) is 16.4 Å². The predicted octanol–water partition coefficient (Wildman–Crippen LogP) is 2.85. The summed E-state index contributed by atoms with van der Waals surface area (Å²) >= 11 is 0. The van der Waals surface area contributed by atoms with E-state index in [1.165, 1.54) is 16.9 Å². The van der Waals surface area contributed by atoms with Crippen LogP contribution in [0.3, 0.4) is 0 Å². The van der Waals surface area contributed by atoms with Crippen molar-refractivity contribution < 1.29 is 4.74 Å². The summed E-state index contributed by atoms with van der Waals surface area (Å²) in [4.78, 5) is 37.3. The lowest BCUT2D eigenvalue weighted by atomic mass is 10.0. The van der Waals surface area contributed by atoms with Gasteiger partial charge in [-0.2, -0.15) is 9.78 Å². The minimum absolute atomic E-state index is 0.105. The van der Waals surface area contributed by atoms with Gasteiger partial charge in [0.2, 0.25) is 0 Å². The zero-order valence-electron chi connectivity index (χ0n) is 16.8. The Bertz CT molecular complexity index is 1140. The quantitative estimate of drug-likeness (QED) is 0.580. The van der Waals surface area contributed by atoms with Gasteiger partial charge in [0.1, 0.15) is 17.1 Å². The number of benzene rings is 1. The first-order valence-corrected chi connectivity index (χ1v) is 10.2. The average molecular weight is 408 g/mol. The summed E-state index contributed by atoms with van der Waals surface area (Å²) in [6.45, 7) is 2.58. The molecular formula is C22H24N4O4. The smallest absolute Gasteiger partial charge is 0.292 e. The van der Waals surface area contributed by atoms with Gasteiger partial charge in [-0.3, -0.25) is 14.4 Å². The third kappa shape index (κ3) is 3.78. The van der Waals surface area contributed by atoms with Crippen LogP contribution in [0.5, 0.6) is 0 Å². The number of hydrogen-bond acceptors (Lipinski definition) is 7. The monoisotopic (exact) mass is 408 g/mol. The zero-order chi connectivity index (χ0) is 21.1. The van der Waals surface area contributed by atoms with E-state index >= 15 is 0 Å². The van der Waals surface area contributed by atoms with E-state index in [9.17, 15) is 14.4 Å². The van der Waals surface area contributed by atoms with Gasteiger partial charge in [-0.05, 0) is 37.3 Å². The molecule has 2 aromatic carbocycles. The van der Waals surface area contributed by atoms with Crippen molar-refractivity contribution in [2.24, 2.45) is 0 Å². The fourth-order valence-corrected chi connectivity index (χ4v) is 3.71. The molecule has 156 valence electrons. The Hall–Kier alpha value is -3.26. The van der Waals surface area contributed by atoms with Gasteiger partial charge in [0.15, 0.2) is 6.23 Å². The van der Waals surface area contributed by atoms with Crippen LogP contribution in [-0.2, 0) is 4.74 Å². The van der Waals surface area contributed by atoms with Crippen LogP contribution in [0.15, 0.2) is 57.0 Å². The van der Waals surface area contributed by atoms with E-state index in [4.69, 9.17) is 4.74 Å². The molecule has 4 rings (SSSR count). The summed E-state index contributed by atoms with van der Waals surface area (Å²) < 4.78 is 6.94. The molecule has 2 atom stereocenters. The maximum absolute atomic E-state index is 12.9. The highest BCUT2D eigenvalue weighted by Gasteiger charge is 2.25. The molecule has 1 aliphatic heterocycles. The lowest BCUT2D eigenvalue weighted by Crippen LogP contribution is -2.39. The van der Waals surface area contributed by atoms with Crippen LogP contribution in [0.4, 0.5) is 17.1 Å². The standard InChI is InChI=1S/C22H24N4O4/c1-2-15(14-8-4-3-5-9-14)24-18-19(21(28)20(18)27)25-16-11-12-23-26(22(16)29)17-10-6-7-13-30-17/h3-5,8-9,11-12,15,17,24-25H,2,6-7,10,13H2,1H3. The highest BCUT2D eigenvalue weighted by molar-refractivity contribution is 5.78. The Morgan fingerprint density at radius 1 is 1.10 bits per heavy atom. The molecular weight excluding hydrogens is 384 g/mol. The summed E-state index contributed by atoms with van der Waals surface area (Å²) in [5, 5.41) is 10.1. The second-order valence-electron chi connectivity index (χ2n) is 7.36. The Morgan fingerprint density at radius 2 is 1.87 bits per heavy atom. The second-order valence-corrected chi connectivity index (χ2v) is 7.36. The van der Waals surface area contributed by atoms with E-state index in [-0.39, 0.29) is 23.1 Å². The highest BCUT2D eigenvalue weighted by atomic mass is 16.5. The minimum Gasteiger partial charge on any atom is -0.373 e. The third-order valence-electron chi connectivity index (χ3n) is 5.40. The van der Waals surface area contributed by atoms with Crippen LogP contribution in [0.2, 0.25) is 0 Å². The van der Waals surface area contributed by atoms with Crippen molar-refractivity contribution in [2.75, 3.05) is 17.2 Å². The lowest BCUT2D eigenvalue weighted by Gasteiger charge is -2.24. The Balaban J connectivity index is 1.60. The number of nitrogens with zero attached hydrogens (tertiary/aromatic N) is 2. The third-order valence-corrected chi connectivity index (χ3v) is 5.40. The van der Waals surface area contributed by atoms with Gasteiger partial charge >= 0.3 is 0 Å². The second kappa shape index (κ2) is 8.62. The van der Waals surface area contributed by atoms with Gasteiger partial charge in [-0.1, -0.05) is 37.3 Å². The number of nitrogens with one attached hydrogen (secondary N) is 2. The number of rotatable bonds is 7. The molecule has 8 heteroatoms. The molecule has 0 bridgehead atoms. The molecule has 0 amide bonds. The van der Waals surface area contributed by atoms with Crippen LogP contribution < -0.4 is 27.1 Å². The van der Waals surface area contributed by atoms with Gasteiger partial charge in [0, 0.05) is 12.8 Å². The molecule has 2 unspecified atom stereocenters. The molecule has 1 saturated heterocycles.